The summed E-state index contributed by atoms with van der Waals surface area (Å²) < 4.78 is 10.6. The molecule has 1 aromatic carbocycles. The van der Waals surface area contributed by atoms with E-state index in [9.17, 15) is 14.9 Å². The Hall–Kier alpha value is -3.05. The number of rotatable bonds is 8. The lowest BCUT2D eigenvalue weighted by Gasteiger charge is -2.20. The first-order chi connectivity index (χ1) is 12.0. The molecular weight excluding hydrogens is 350 g/mol. The average molecular weight is 364 g/mol. The maximum Gasteiger partial charge on any atom is 0.271 e. The number of hydrogen-bond donors (Lipinski definition) is 0. The van der Waals surface area contributed by atoms with Gasteiger partial charge in [-0.2, -0.15) is 5.26 Å². The summed E-state index contributed by atoms with van der Waals surface area (Å²) in [6.45, 7) is 0.127. The number of halogens is 1. The number of non-ortho nitro benzene ring substituents is 1. The second-order valence-corrected chi connectivity index (χ2v) is 5.37. The van der Waals surface area contributed by atoms with Gasteiger partial charge in [0.15, 0.2) is 6.61 Å². The van der Waals surface area contributed by atoms with Gasteiger partial charge in [0.25, 0.3) is 11.6 Å². The topological polar surface area (TPSA) is 110 Å². The Labute approximate surface area is 148 Å². The number of hydrogen-bond acceptors (Lipinski definition) is 6. The van der Waals surface area contributed by atoms with Crippen LogP contribution in [0.5, 0.6) is 5.75 Å². The van der Waals surface area contributed by atoms with Crippen molar-refractivity contribution in [2.45, 2.75) is 13.0 Å². The van der Waals surface area contributed by atoms with Crippen molar-refractivity contribution >= 4 is 23.2 Å². The van der Waals surface area contributed by atoms with Crippen LogP contribution in [0.2, 0.25) is 5.02 Å². The molecule has 0 bridgehead atoms. The van der Waals surface area contributed by atoms with E-state index in [1.165, 1.54) is 23.3 Å². The quantitative estimate of drug-likeness (QED) is 0.526. The standard InChI is InChI=1S/C16H14ClN3O5/c17-14-9-12(20(22)23)4-5-15(14)25-11-16(21)19(7-2-6-18)10-13-3-1-8-24-13/h1,3-5,8-9H,2,7,10-11H2. The van der Waals surface area contributed by atoms with Crippen LogP contribution in [0, 0.1) is 21.4 Å². The van der Waals surface area contributed by atoms with E-state index in [-0.39, 0.29) is 48.5 Å². The number of carbonyl (C=O) groups excluding carboxylic acids is 1. The monoisotopic (exact) mass is 363 g/mol. The van der Waals surface area contributed by atoms with Gasteiger partial charge in [0.1, 0.15) is 11.5 Å². The van der Waals surface area contributed by atoms with Crippen molar-refractivity contribution in [1.29, 1.82) is 5.26 Å². The highest BCUT2D eigenvalue weighted by Crippen LogP contribution is 2.28. The summed E-state index contributed by atoms with van der Waals surface area (Å²) in [5.41, 5.74) is -0.169. The average Bonchev–Trinajstić information content (AvgIpc) is 3.10. The Morgan fingerprint density at radius 3 is 2.84 bits per heavy atom. The fourth-order valence-electron chi connectivity index (χ4n) is 2.02. The Kier molecular flexibility index (Phi) is 6.37. The van der Waals surface area contributed by atoms with E-state index >= 15 is 0 Å². The molecule has 130 valence electrons. The molecule has 25 heavy (non-hydrogen) atoms. The Balaban J connectivity index is 2.00. The number of carbonyl (C=O) groups is 1. The van der Waals surface area contributed by atoms with Gasteiger partial charge < -0.3 is 14.1 Å². The summed E-state index contributed by atoms with van der Waals surface area (Å²) in [7, 11) is 0. The molecule has 0 fully saturated rings. The van der Waals surface area contributed by atoms with Gasteiger partial charge in [0.05, 0.1) is 35.2 Å². The minimum absolute atomic E-state index is 0.0385. The van der Waals surface area contributed by atoms with Crippen molar-refractivity contribution in [2.75, 3.05) is 13.2 Å². The van der Waals surface area contributed by atoms with Crippen molar-refractivity contribution < 1.29 is 18.9 Å². The van der Waals surface area contributed by atoms with E-state index in [4.69, 9.17) is 26.0 Å². The van der Waals surface area contributed by atoms with Crippen LogP contribution in [0.4, 0.5) is 5.69 Å². The Morgan fingerprint density at radius 2 is 2.24 bits per heavy atom. The summed E-state index contributed by atoms with van der Waals surface area (Å²) in [6.07, 6.45) is 1.67. The predicted octanol–water partition coefficient (Wildman–Crippen LogP) is 3.16. The summed E-state index contributed by atoms with van der Waals surface area (Å²) >= 11 is 5.92. The molecule has 8 nitrogen and oxygen atoms in total. The molecule has 0 aliphatic heterocycles. The molecule has 0 N–H and O–H groups in total. The second-order valence-electron chi connectivity index (χ2n) is 4.96. The van der Waals surface area contributed by atoms with E-state index in [1.807, 2.05) is 6.07 Å². The second kappa shape index (κ2) is 8.70. The minimum Gasteiger partial charge on any atom is -0.482 e. The highest BCUT2D eigenvalue weighted by Gasteiger charge is 2.17. The number of benzene rings is 1. The molecule has 0 unspecified atom stereocenters. The summed E-state index contributed by atoms with van der Waals surface area (Å²) in [6, 6.07) is 9.13. The van der Waals surface area contributed by atoms with E-state index < -0.39 is 4.92 Å². The number of nitro benzene ring substituents is 1. The lowest BCUT2D eigenvalue weighted by molar-refractivity contribution is -0.384. The molecule has 0 radical (unpaired) electrons. The summed E-state index contributed by atoms with van der Waals surface area (Å²) in [5.74, 6) is 0.388. The van der Waals surface area contributed by atoms with Crippen molar-refractivity contribution in [2.24, 2.45) is 0 Å². The van der Waals surface area contributed by atoms with Gasteiger partial charge in [-0.25, -0.2) is 0 Å². The van der Waals surface area contributed by atoms with Gasteiger partial charge in [-0.05, 0) is 18.2 Å². The van der Waals surface area contributed by atoms with Crippen LogP contribution >= 0.6 is 11.6 Å². The molecule has 2 rings (SSSR count). The SMILES string of the molecule is N#CCCN(Cc1ccco1)C(=O)COc1ccc([N+](=O)[O-])cc1Cl. The zero-order valence-corrected chi connectivity index (χ0v) is 13.8. The predicted molar refractivity (Wildman–Crippen MR) is 88.0 cm³/mol. The van der Waals surface area contributed by atoms with Crippen molar-refractivity contribution in [1.82, 2.24) is 4.90 Å². The molecule has 2 aromatic rings. The number of ether oxygens (including phenoxy) is 1. The van der Waals surface area contributed by atoms with Gasteiger partial charge in [0, 0.05) is 18.7 Å². The van der Waals surface area contributed by atoms with Crippen LogP contribution in [0.3, 0.4) is 0 Å². The van der Waals surface area contributed by atoms with Gasteiger partial charge in [-0.1, -0.05) is 11.6 Å². The van der Waals surface area contributed by atoms with Crippen LogP contribution in [-0.2, 0) is 11.3 Å². The van der Waals surface area contributed by atoms with Crippen LogP contribution in [0.1, 0.15) is 12.2 Å². The largest absolute Gasteiger partial charge is 0.482 e. The molecule has 0 atom stereocenters. The van der Waals surface area contributed by atoms with Crippen LogP contribution in [0.25, 0.3) is 0 Å². The fourth-order valence-corrected chi connectivity index (χ4v) is 2.25. The van der Waals surface area contributed by atoms with Crippen LogP contribution < -0.4 is 4.74 Å². The first-order valence-corrected chi connectivity index (χ1v) is 7.63. The molecule has 1 amide bonds. The molecule has 1 aromatic heterocycles. The minimum atomic E-state index is -0.576. The number of nitro groups is 1. The van der Waals surface area contributed by atoms with Crippen molar-refractivity contribution in [3.63, 3.8) is 0 Å². The van der Waals surface area contributed by atoms with E-state index in [1.54, 1.807) is 12.1 Å². The number of amides is 1. The molecule has 0 saturated carbocycles. The summed E-state index contributed by atoms with van der Waals surface area (Å²) in [5, 5.41) is 19.4. The first-order valence-electron chi connectivity index (χ1n) is 7.25. The number of nitrogens with zero attached hydrogens (tertiary/aromatic N) is 3. The van der Waals surface area contributed by atoms with Gasteiger partial charge in [-0.15, -0.1) is 0 Å². The third-order valence-corrected chi connectivity index (χ3v) is 3.55. The van der Waals surface area contributed by atoms with E-state index in [0.29, 0.717) is 5.76 Å². The zero-order chi connectivity index (χ0) is 18.2. The first kappa shape index (κ1) is 18.3. The molecule has 9 heteroatoms. The smallest absolute Gasteiger partial charge is 0.271 e. The maximum atomic E-state index is 12.3. The van der Waals surface area contributed by atoms with Crippen LogP contribution in [-0.4, -0.2) is 28.9 Å². The normalized spacial score (nSPS) is 10.1. The zero-order valence-electron chi connectivity index (χ0n) is 13.1. The number of nitriles is 1. The van der Waals surface area contributed by atoms with Gasteiger partial charge in [0.2, 0.25) is 0 Å². The Bertz CT molecular complexity index is 786. The molecule has 0 aliphatic carbocycles. The lowest BCUT2D eigenvalue weighted by Crippen LogP contribution is -2.35. The van der Waals surface area contributed by atoms with E-state index in [2.05, 4.69) is 0 Å². The van der Waals surface area contributed by atoms with Gasteiger partial charge in [-0.3, -0.25) is 14.9 Å². The summed E-state index contributed by atoms with van der Waals surface area (Å²) in [4.78, 5) is 23.9. The fraction of sp³-hybridized carbons (Fsp3) is 0.250. The molecule has 1 heterocycles. The van der Waals surface area contributed by atoms with Crippen molar-refractivity contribution in [3.8, 4) is 11.8 Å². The van der Waals surface area contributed by atoms with Crippen molar-refractivity contribution in [3.05, 3.63) is 57.5 Å². The van der Waals surface area contributed by atoms with E-state index in [0.717, 1.165) is 6.07 Å². The third-order valence-electron chi connectivity index (χ3n) is 3.25. The third kappa shape index (κ3) is 5.22. The molecule has 0 saturated heterocycles. The highest BCUT2D eigenvalue weighted by molar-refractivity contribution is 6.32. The highest BCUT2D eigenvalue weighted by atomic mass is 35.5. The number of furan rings is 1. The van der Waals surface area contributed by atoms with Crippen LogP contribution in [0.15, 0.2) is 41.0 Å². The maximum absolute atomic E-state index is 12.3. The van der Waals surface area contributed by atoms with Gasteiger partial charge >= 0.3 is 0 Å². The molecular formula is C16H14ClN3O5. The Morgan fingerprint density at radius 1 is 1.44 bits per heavy atom. The molecule has 0 spiro atoms. The lowest BCUT2D eigenvalue weighted by atomic mass is 10.3. The molecule has 0 aliphatic rings.